The molecule has 0 unspecified atom stereocenters. The fraction of sp³-hybridized carbons (Fsp3) is 0.241. The van der Waals surface area contributed by atoms with E-state index in [4.69, 9.17) is 4.98 Å². The van der Waals surface area contributed by atoms with Crippen LogP contribution >= 0.6 is 0 Å². The Morgan fingerprint density at radius 3 is 2.51 bits per heavy atom. The van der Waals surface area contributed by atoms with Crippen LogP contribution < -0.4 is 5.32 Å². The summed E-state index contributed by atoms with van der Waals surface area (Å²) in [5.41, 5.74) is 4.27. The van der Waals surface area contributed by atoms with Crippen LogP contribution in [-0.4, -0.2) is 26.2 Å². The Balaban J connectivity index is 1.33. The maximum Gasteiger partial charge on any atom is 0.258 e. The van der Waals surface area contributed by atoms with Crippen molar-refractivity contribution in [1.82, 2.24) is 14.5 Å². The highest BCUT2D eigenvalue weighted by Crippen LogP contribution is 2.33. The lowest BCUT2D eigenvalue weighted by atomic mass is 10.0. The highest BCUT2D eigenvalue weighted by atomic mass is 16.1. The zero-order valence-corrected chi connectivity index (χ0v) is 19.6. The van der Waals surface area contributed by atoms with Crippen LogP contribution in [0.1, 0.15) is 48.2 Å². The number of ketones is 1. The van der Waals surface area contributed by atoms with E-state index in [9.17, 15) is 9.59 Å². The fourth-order valence-electron chi connectivity index (χ4n) is 4.19. The van der Waals surface area contributed by atoms with Gasteiger partial charge in [-0.05, 0) is 79.1 Å². The van der Waals surface area contributed by atoms with Crippen LogP contribution in [0, 0.1) is 5.92 Å². The number of rotatable bonds is 10. The summed E-state index contributed by atoms with van der Waals surface area (Å²) in [6, 6.07) is 21.2. The molecule has 2 aromatic carbocycles. The third-order valence-electron chi connectivity index (χ3n) is 6.26. The lowest BCUT2D eigenvalue weighted by Crippen LogP contribution is -2.15. The highest BCUT2D eigenvalue weighted by Gasteiger charge is 2.24. The summed E-state index contributed by atoms with van der Waals surface area (Å²) in [7, 11) is 0. The van der Waals surface area contributed by atoms with Crippen LogP contribution in [0.3, 0.4) is 0 Å². The van der Waals surface area contributed by atoms with E-state index in [1.807, 2.05) is 71.4 Å². The zero-order valence-electron chi connectivity index (χ0n) is 19.6. The number of anilines is 1. The van der Waals surface area contributed by atoms with Crippen LogP contribution in [0.2, 0.25) is 0 Å². The van der Waals surface area contributed by atoms with E-state index in [2.05, 4.69) is 10.3 Å². The normalized spacial score (nSPS) is 12.9. The largest absolute Gasteiger partial charge is 0.300 e. The summed E-state index contributed by atoms with van der Waals surface area (Å²) in [6.45, 7) is 0. The number of carbonyl (C=O) groups is 2. The number of imidazole rings is 1. The van der Waals surface area contributed by atoms with Crippen molar-refractivity contribution in [3.63, 3.8) is 0 Å². The number of para-hydroxylation sites is 1. The molecule has 0 saturated heterocycles. The molecule has 1 amide bonds. The van der Waals surface area contributed by atoms with Gasteiger partial charge in [-0.2, -0.15) is 0 Å². The highest BCUT2D eigenvalue weighted by molar-refractivity contribution is 6.04. The summed E-state index contributed by atoms with van der Waals surface area (Å²) in [6.07, 6.45) is 10.6. The van der Waals surface area contributed by atoms with Crippen molar-refractivity contribution in [3.05, 3.63) is 96.6 Å². The van der Waals surface area contributed by atoms with Gasteiger partial charge in [-0.3, -0.25) is 24.5 Å². The first-order valence-corrected chi connectivity index (χ1v) is 12.1. The van der Waals surface area contributed by atoms with E-state index >= 15 is 0 Å². The molecule has 0 bridgehead atoms. The van der Waals surface area contributed by atoms with Gasteiger partial charge < -0.3 is 0 Å². The molecule has 1 aliphatic carbocycles. The molecule has 0 aliphatic heterocycles. The van der Waals surface area contributed by atoms with E-state index in [1.165, 1.54) is 12.8 Å². The Morgan fingerprint density at radius 1 is 0.943 bits per heavy atom. The smallest absolute Gasteiger partial charge is 0.258 e. The maximum absolute atomic E-state index is 13.2. The van der Waals surface area contributed by atoms with Crippen LogP contribution in [0.5, 0.6) is 0 Å². The molecule has 5 rings (SSSR count). The van der Waals surface area contributed by atoms with Crippen LogP contribution in [-0.2, 0) is 11.2 Å². The average molecular weight is 465 g/mol. The molecule has 4 aromatic rings. The Morgan fingerprint density at radius 2 is 1.74 bits per heavy atom. The third kappa shape index (κ3) is 5.90. The lowest BCUT2D eigenvalue weighted by molar-refractivity contribution is -0.119. The van der Waals surface area contributed by atoms with Crippen molar-refractivity contribution < 1.29 is 9.59 Å². The SMILES string of the molecule is O=C(CCCc1cn(-c2ccccc2)c(NC(=O)c2cccc(-c3ccncc3)c2)n1)CC1CC1. The van der Waals surface area contributed by atoms with Gasteiger partial charge in [0.1, 0.15) is 5.78 Å². The van der Waals surface area contributed by atoms with Gasteiger partial charge in [-0.15, -0.1) is 0 Å². The first-order chi connectivity index (χ1) is 17.2. The molecule has 176 valence electrons. The van der Waals surface area contributed by atoms with Crippen molar-refractivity contribution >= 4 is 17.6 Å². The number of hydrogen-bond donors (Lipinski definition) is 1. The van der Waals surface area contributed by atoms with Gasteiger partial charge in [0, 0.05) is 42.7 Å². The van der Waals surface area contributed by atoms with Crippen molar-refractivity contribution in [2.24, 2.45) is 5.92 Å². The van der Waals surface area contributed by atoms with Gasteiger partial charge in [-0.25, -0.2) is 4.98 Å². The quantitative estimate of drug-likeness (QED) is 0.318. The zero-order chi connectivity index (χ0) is 24.0. The van der Waals surface area contributed by atoms with Gasteiger partial charge in [0.2, 0.25) is 5.95 Å². The molecule has 0 spiro atoms. The van der Waals surface area contributed by atoms with Gasteiger partial charge in [0.25, 0.3) is 5.91 Å². The lowest BCUT2D eigenvalue weighted by Gasteiger charge is -2.10. The standard InChI is InChI=1S/C29H28N4O2/c34-27(18-21-12-13-21)11-5-8-25-20-33(26-9-2-1-3-10-26)29(31-25)32-28(35)24-7-4-6-23(19-24)22-14-16-30-17-15-22/h1-4,6-7,9-10,14-17,19-21H,5,8,11-13,18H2,(H,31,32,35). The summed E-state index contributed by atoms with van der Waals surface area (Å²) < 4.78 is 1.89. The number of nitrogens with one attached hydrogen (secondary N) is 1. The number of carbonyl (C=O) groups excluding carboxylic acids is 2. The molecule has 1 aliphatic rings. The molecule has 6 nitrogen and oxygen atoms in total. The summed E-state index contributed by atoms with van der Waals surface area (Å²) in [5, 5.41) is 2.99. The molecule has 1 saturated carbocycles. The molecule has 0 radical (unpaired) electrons. The van der Waals surface area contributed by atoms with E-state index in [0.29, 0.717) is 36.1 Å². The summed E-state index contributed by atoms with van der Waals surface area (Å²) in [4.78, 5) is 34.1. The van der Waals surface area contributed by atoms with Gasteiger partial charge >= 0.3 is 0 Å². The molecule has 35 heavy (non-hydrogen) atoms. The molecular formula is C29H28N4O2. The van der Waals surface area contributed by atoms with Crippen LogP contribution in [0.4, 0.5) is 5.95 Å². The third-order valence-corrected chi connectivity index (χ3v) is 6.26. The fourth-order valence-corrected chi connectivity index (χ4v) is 4.19. The van der Waals surface area contributed by atoms with Crippen LogP contribution in [0.25, 0.3) is 16.8 Å². The molecular weight excluding hydrogens is 436 g/mol. The van der Waals surface area contributed by atoms with Crippen LogP contribution in [0.15, 0.2) is 85.3 Å². The Hall–Kier alpha value is -4.06. The average Bonchev–Trinajstić information content (AvgIpc) is 3.62. The van der Waals surface area contributed by atoms with E-state index < -0.39 is 0 Å². The molecule has 6 heteroatoms. The second-order valence-corrected chi connectivity index (χ2v) is 9.07. The first-order valence-electron chi connectivity index (χ1n) is 12.1. The second-order valence-electron chi connectivity index (χ2n) is 9.07. The number of aromatic nitrogens is 3. The minimum atomic E-state index is -0.227. The number of hydrogen-bond acceptors (Lipinski definition) is 4. The molecule has 2 aromatic heterocycles. The number of benzene rings is 2. The number of amides is 1. The van der Waals surface area contributed by atoms with Gasteiger partial charge in [0.15, 0.2) is 0 Å². The topological polar surface area (TPSA) is 76.9 Å². The van der Waals surface area contributed by atoms with Crippen molar-refractivity contribution in [1.29, 1.82) is 0 Å². The van der Waals surface area contributed by atoms with E-state index in [1.54, 1.807) is 18.5 Å². The first kappa shape index (κ1) is 22.7. The Kier molecular flexibility index (Phi) is 6.80. The van der Waals surface area contributed by atoms with E-state index in [-0.39, 0.29) is 5.91 Å². The predicted octanol–water partition coefficient (Wildman–Crippen LogP) is 5.88. The summed E-state index contributed by atoms with van der Waals surface area (Å²) >= 11 is 0. The minimum Gasteiger partial charge on any atom is -0.300 e. The minimum absolute atomic E-state index is 0.227. The number of Topliss-reactive ketones (excluding diaryl/α,β-unsaturated/α-hetero) is 1. The van der Waals surface area contributed by atoms with Crippen molar-refractivity contribution in [3.8, 4) is 16.8 Å². The molecule has 1 fully saturated rings. The van der Waals surface area contributed by atoms with Crippen molar-refractivity contribution in [2.75, 3.05) is 5.32 Å². The van der Waals surface area contributed by atoms with E-state index in [0.717, 1.165) is 35.3 Å². The number of aryl methyl sites for hydroxylation is 1. The van der Waals surface area contributed by atoms with Gasteiger partial charge in [-0.1, -0.05) is 30.3 Å². The summed E-state index contributed by atoms with van der Waals surface area (Å²) in [5.74, 6) is 1.21. The second kappa shape index (κ2) is 10.5. The molecule has 1 N–H and O–H groups in total. The van der Waals surface area contributed by atoms with Gasteiger partial charge in [0.05, 0.1) is 5.69 Å². The number of pyridine rings is 1. The maximum atomic E-state index is 13.2. The molecule has 2 heterocycles. The monoisotopic (exact) mass is 464 g/mol. The Labute approximate surface area is 205 Å². The predicted molar refractivity (Wildman–Crippen MR) is 136 cm³/mol. The molecule has 0 atom stereocenters. The Bertz CT molecular complexity index is 1310. The van der Waals surface area contributed by atoms with Crippen molar-refractivity contribution in [2.45, 2.75) is 38.5 Å². The number of nitrogens with zero attached hydrogens (tertiary/aromatic N) is 3.